The molecule has 1 aromatic heterocycles. The van der Waals surface area contributed by atoms with Gasteiger partial charge in [-0.2, -0.15) is 0 Å². The Balaban J connectivity index is 1.85. The lowest BCUT2D eigenvalue weighted by Gasteiger charge is -2.01. The summed E-state index contributed by atoms with van der Waals surface area (Å²) in [5.74, 6) is -1.43. The van der Waals surface area contributed by atoms with Crippen LogP contribution in [-0.4, -0.2) is 50.5 Å². The molecule has 3 rings (SSSR count). The Morgan fingerprint density at radius 2 is 2.18 bits per heavy atom. The molecule has 22 heavy (non-hydrogen) atoms. The summed E-state index contributed by atoms with van der Waals surface area (Å²) in [7, 11) is 0. The number of thioether (sulfide) groups is 1. The maximum Gasteiger partial charge on any atom is 0.329 e. The van der Waals surface area contributed by atoms with Gasteiger partial charge in [-0.3, -0.25) is 9.79 Å². The number of aliphatic imine (C=N–C) groups is 1. The van der Waals surface area contributed by atoms with Gasteiger partial charge in [-0.25, -0.2) is 9.78 Å². The van der Waals surface area contributed by atoms with E-state index in [2.05, 4.69) is 15.3 Å². The Kier molecular flexibility index (Phi) is 3.99. The van der Waals surface area contributed by atoms with Crippen molar-refractivity contribution < 1.29 is 19.8 Å². The Hall–Kier alpha value is -2.13. The first-order valence-corrected chi connectivity index (χ1v) is 8.13. The third-order valence-electron chi connectivity index (χ3n) is 2.95. The van der Waals surface area contributed by atoms with Gasteiger partial charge in [-0.05, 0) is 18.2 Å². The number of hydrogen-bond donors (Lipinski definition) is 3. The van der Waals surface area contributed by atoms with Crippen LogP contribution in [0, 0.1) is 0 Å². The minimum atomic E-state index is -0.929. The maximum atomic E-state index is 10.9. The first-order valence-electron chi connectivity index (χ1n) is 6.33. The lowest BCUT2D eigenvalue weighted by atomic mass is 10.3. The number of aromatic nitrogens is 1. The van der Waals surface area contributed by atoms with Crippen molar-refractivity contribution in [2.75, 3.05) is 17.6 Å². The molecule has 0 saturated carbocycles. The van der Waals surface area contributed by atoms with E-state index in [9.17, 15) is 9.59 Å². The number of thiazole rings is 1. The second-order valence-electron chi connectivity index (χ2n) is 4.55. The number of anilines is 1. The Bertz CT molecular complexity index is 787. The van der Waals surface area contributed by atoms with Crippen LogP contribution in [0.2, 0.25) is 0 Å². The van der Waals surface area contributed by atoms with Crippen LogP contribution in [0.1, 0.15) is 5.01 Å². The second-order valence-corrected chi connectivity index (χ2v) is 6.59. The molecule has 0 aliphatic carbocycles. The zero-order chi connectivity index (χ0) is 15.7. The van der Waals surface area contributed by atoms with Crippen molar-refractivity contribution in [3.63, 3.8) is 0 Å². The van der Waals surface area contributed by atoms with Gasteiger partial charge in [0.05, 0.1) is 10.2 Å². The van der Waals surface area contributed by atoms with Crippen molar-refractivity contribution in [2.24, 2.45) is 4.99 Å². The minimum Gasteiger partial charge on any atom is -0.480 e. The Labute approximate surface area is 133 Å². The highest BCUT2D eigenvalue weighted by Gasteiger charge is 2.26. The van der Waals surface area contributed by atoms with E-state index < -0.39 is 18.0 Å². The monoisotopic (exact) mass is 337 g/mol. The van der Waals surface area contributed by atoms with Gasteiger partial charge < -0.3 is 15.5 Å². The number of nitrogens with one attached hydrogen (secondary N) is 1. The highest BCUT2D eigenvalue weighted by atomic mass is 32.2. The molecule has 1 atom stereocenters. The molecule has 114 valence electrons. The first-order chi connectivity index (χ1) is 10.5. The zero-order valence-corrected chi connectivity index (χ0v) is 12.8. The van der Waals surface area contributed by atoms with E-state index in [0.29, 0.717) is 21.5 Å². The Morgan fingerprint density at radius 3 is 2.86 bits per heavy atom. The average Bonchev–Trinajstić information content (AvgIpc) is 3.10. The van der Waals surface area contributed by atoms with E-state index in [1.165, 1.54) is 23.1 Å². The summed E-state index contributed by atoms with van der Waals surface area (Å²) >= 11 is 2.80. The quantitative estimate of drug-likeness (QED) is 0.762. The summed E-state index contributed by atoms with van der Waals surface area (Å²) in [4.78, 5) is 30.1. The molecule has 0 unspecified atom stereocenters. The van der Waals surface area contributed by atoms with Crippen molar-refractivity contribution in [2.45, 2.75) is 6.04 Å². The number of carboxylic acid groups (broad SMARTS) is 2. The lowest BCUT2D eigenvalue weighted by Crippen LogP contribution is -2.17. The summed E-state index contributed by atoms with van der Waals surface area (Å²) in [5, 5.41) is 21.8. The number of carbonyl (C=O) groups is 2. The number of nitrogens with zero attached hydrogens (tertiary/aromatic N) is 2. The Morgan fingerprint density at radius 1 is 1.36 bits per heavy atom. The molecule has 7 nitrogen and oxygen atoms in total. The topological polar surface area (TPSA) is 112 Å². The molecule has 2 aromatic rings. The maximum absolute atomic E-state index is 10.9. The molecule has 2 heterocycles. The van der Waals surface area contributed by atoms with Gasteiger partial charge in [0.2, 0.25) is 0 Å². The van der Waals surface area contributed by atoms with Crippen LogP contribution >= 0.6 is 23.1 Å². The van der Waals surface area contributed by atoms with E-state index in [4.69, 9.17) is 10.2 Å². The van der Waals surface area contributed by atoms with Crippen LogP contribution in [0.15, 0.2) is 23.2 Å². The fraction of sp³-hybridized carbons (Fsp3) is 0.231. The molecule has 0 bridgehead atoms. The van der Waals surface area contributed by atoms with Gasteiger partial charge in [-0.15, -0.1) is 23.1 Å². The average molecular weight is 337 g/mol. The molecule has 9 heteroatoms. The highest BCUT2D eigenvalue weighted by Crippen LogP contribution is 2.31. The third-order valence-corrected chi connectivity index (χ3v) is 5.16. The van der Waals surface area contributed by atoms with Crippen molar-refractivity contribution in [3.05, 3.63) is 23.2 Å². The van der Waals surface area contributed by atoms with E-state index in [-0.39, 0.29) is 6.54 Å². The predicted octanol–water partition coefficient (Wildman–Crippen LogP) is 1.74. The summed E-state index contributed by atoms with van der Waals surface area (Å²) in [6.45, 7) is -0.153. The van der Waals surface area contributed by atoms with Crippen molar-refractivity contribution >= 4 is 56.0 Å². The fourth-order valence-corrected chi connectivity index (χ4v) is 4.02. The summed E-state index contributed by atoms with van der Waals surface area (Å²) in [6, 6.07) is 4.68. The number of rotatable bonds is 5. The SMILES string of the molecule is O=C(O)CNc1ccc2nc(C3=N[C@H](C(=O)O)CS3)sc2c1. The molecular formula is C13H11N3O4S2. The number of hydrogen-bond acceptors (Lipinski definition) is 7. The highest BCUT2D eigenvalue weighted by molar-refractivity contribution is 8.15. The van der Waals surface area contributed by atoms with Gasteiger partial charge >= 0.3 is 11.9 Å². The van der Waals surface area contributed by atoms with Crippen LogP contribution < -0.4 is 5.32 Å². The van der Waals surface area contributed by atoms with Crippen LogP contribution in [-0.2, 0) is 9.59 Å². The van der Waals surface area contributed by atoms with Crippen molar-refractivity contribution in [1.29, 1.82) is 0 Å². The van der Waals surface area contributed by atoms with Crippen LogP contribution in [0.5, 0.6) is 0 Å². The van der Waals surface area contributed by atoms with Gasteiger partial charge in [-0.1, -0.05) is 0 Å². The van der Waals surface area contributed by atoms with Crippen molar-refractivity contribution in [1.82, 2.24) is 4.98 Å². The molecule has 1 aliphatic rings. The smallest absolute Gasteiger partial charge is 0.329 e. The summed E-state index contributed by atoms with van der Waals surface area (Å²) in [6.07, 6.45) is 0. The van der Waals surface area contributed by atoms with Gasteiger partial charge in [0.1, 0.15) is 16.6 Å². The van der Waals surface area contributed by atoms with E-state index in [0.717, 1.165) is 10.2 Å². The number of aliphatic carboxylic acids is 2. The number of carboxylic acids is 2. The standard InChI is InChI=1S/C13H11N3O4S2/c17-10(18)4-14-6-1-2-7-9(3-6)22-12(15-7)11-16-8(5-21-11)13(19)20/h1-3,8,14H,4-5H2,(H,17,18)(H,19,20)/t8-/m0/s1. The normalized spacial score (nSPS) is 17.5. The van der Waals surface area contributed by atoms with Crippen molar-refractivity contribution in [3.8, 4) is 0 Å². The van der Waals surface area contributed by atoms with Gasteiger partial charge in [0.15, 0.2) is 6.04 Å². The number of fused-ring (bicyclic) bond motifs is 1. The van der Waals surface area contributed by atoms with Gasteiger partial charge in [0, 0.05) is 11.4 Å². The zero-order valence-electron chi connectivity index (χ0n) is 11.1. The van der Waals surface area contributed by atoms with E-state index >= 15 is 0 Å². The molecule has 0 spiro atoms. The molecule has 0 saturated heterocycles. The lowest BCUT2D eigenvalue weighted by molar-refractivity contribution is -0.138. The third kappa shape index (κ3) is 3.04. The van der Waals surface area contributed by atoms with Crippen LogP contribution in [0.4, 0.5) is 5.69 Å². The largest absolute Gasteiger partial charge is 0.480 e. The fourth-order valence-electron chi connectivity index (χ4n) is 1.92. The molecule has 3 N–H and O–H groups in total. The molecule has 0 fully saturated rings. The molecular weight excluding hydrogens is 326 g/mol. The predicted molar refractivity (Wildman–Crippen MR) is 86.2 cm³/mol. The minimum absolute atomic E-state index is 0.153. The van der Waals surface area contributed by atoms with Crippen LogP contribution in [0.3, 0.4) is 0 Å². The van der Waals surface area contributed by atoms with E-state index in [1.807, 2.05) is 6.07 Å². The first kappa shape index (κ1) is 14.8. The summed E-state index contributed by atoms with van der Waals surface area (Å²) < 4.78 is 0.896. The molecule has 1 aliphatic heterocycles. The molecule has 0 amide bonds. The van der Waals surface area contributed by atoms with E-state index in [1.54, 1.807) is 12.1 Å². The van der Waals surface area contributed by atoms with Crippen LogP contribution in [0.25, 0.3) is 10.2 Å². The molecule has 0 radical (unpaired) electrons. The number of benzene rings is 1. The molecule has 1 aromatic carbocycles. The summed E-state index contributed by atoms with van der Waals surface area (Å²) in [5.41, 5.74) is 1.48. The second kappa shape index (κ2) is 5.93. The van der Waals surface area contributed by atoms with Gasteiger partial charge in [0.25, 0.3) is 0 Å².